The average Bonchev–Trinajstić information content (AvgIpc) is 3.18. The van der Waals surface area contributed by atoms with Crippen molar-refractivity contribution in [3.63, 3.8) is 0 Å². The molecule has 1 aliphatic carbocycles. The number of hydrogen-bond acceptors (Lipinski definition) is 3. The van der Waals surface area contributed by atoms with Crippen molar-refractivity contribution in [3.8, 4) is 11.5 Å². The molecule has 0 unspecified atom stereocenters. The summed E-state index contributed by atoms with van der Waals surface area (Å²) in [6.07, 6.45) is 26.8. The maximum absolute atomic E-state index is 9.43. The van der Waals surface area contributed by atoms with Gasteiger partial charge in [0.05, 0.1) is 0 Å². The summed E-state index contributed by atoms with van der Waals surface area (Å²) >= 11 is 2.00. The van der Waals surface area contributed by atoms with E-state index in [4.69, 9.17) is 4.74 Å². The number of anilines is 2. The van der Waals surface area contributed by atoms with Gasteiger partial charge in [-0.2, -0.15) is 0 Å². The molecule has 52 heavy (non-hydrogen) atoms. The van der Waals surface area contributed by atoms with Gasteiger partial charge in [-0.25, -0.2) is 0 Å². The van der Waals surface area contributed by atoms with Gasteiger partial charge in [0.15, 0.2) is 0 Å². The Morgan fingerprint density at radius 2 is 1.48 bits per heavy atom. The summed E-state index contributed by atoms with van der Waals surface area (Å²) in [7, 11) is 0. The van der Waals surface area contributed by atoms with Gasteiger partial charge in [-0.1, -0.05) is 0 Å². The number of ether oxygens (including phenoxy) is 1. The average molecular weight is 1070 g/mol. The maximum atomic E-state index is 9.43. The molecule has 260 valence electrons. The molecule has 0 saturated carbocycles. The molecular weight excluding hydrogens is 1030 g/mol. The van der Waals surface area contributed by atoms with Gasteiger partial charge in [0, 0.05) is 0 Å². The Balaban J connectivity index is 1.12. The number of rotatable bonds is 6. The molecule has 3 aromatic carbocycles. The van der Waals surface area contributed by atoms with E-state index in [1.807, 2.05) is 0 Å². The van der Waals surface area contributed by atoms with Crippen molar-refractivity contribution in [2.45, 2.75) is 74.6 Å². The van der Waals surface area contributed by atoms with Gasteiger partial charge < -0.3 is 0 Å². The molecule has 4 nitrogen and oxygen atoms in total. The van der Waals surface area contributed by atoms with Crippen molar-refractivity contribution in [3.05, 3.63) is 132 Å². The summed E-state index contributed by atoms with van der Waals surface area (Å²) < 4.78 is 8.80. The molecule has 5 aliphatic heterocycles. The number of nitrogens with zero attached hydrogens (tertiary/aromatic N) is 2. The molecule has 0 atom stereocenters. The Hall–Kier alpha value is -2.86. The molecule has 0 aromatic heterocycles. The van der Waals surface area contributed by atoms with Gasteiger partial charge >= 0.3 is 344 Å². The summed E-state index contributed by atoms with van der Waals surface area (Å²) in [6, 6.07) is 15.9. The predicted octanol–water partition coefficient (Wildman–Crippen LogP) is 9.10. The SMILES string of the molecule is [OH2+]c1c(C(=C\[CH2][Pb])/C=C/C2=C(c3ccccc3)C(=C/C=C3\C=[C]([Pb])Oc4c3cc3c5c4CCCN5CCC3)/CCC2)cc2c3c1CCCN3CCC2. The van der Waals surface area contributed by atoms with Crippen LogP contribution in [0.2, 0.25) is 3.98 Å². The second-order valence-electron chi connectivity index (χ2n) is 15.2. The Morgan fingerprint density at radius 1 is 0.788 bits per heavy atom. The van der Waals surface area contributed by atoms with Gasteiger partial charge in [0.25, 0.3) is 0 Å². The Morgan fingerprint density at radius 3 is 2.23 bits per heavy atom. The summed E-state index contributed by atoms with van der Waals surface area (Å²) in [6.45, 7) is 4.64. The summed E-state index contributed by atoms with van der Waals surface area (Å²) in [5, 5.41) is 9.43. The monoisotopic (exact) mass is 1080 g/mol. The fraction of sp³-hybridized carbons (Fsp3) is 0.348. The number of aryl methyl sites for hydroxylation is 2. The van der Waals surface area contributed by atoms with E-state index in [1.165, 1.54) is 105 Å². The zero-order chi connectivity index (χ0) is 35.2. The van der Waals surface area contributed by atoms with Gasteiger partial charge in [0.2, 0.25) is 0 Å². The van der Waals surface area contributed by atoms with Crippen LogP contribution in [-0.2, 0) is 25.7 Å². The van der Waals surface area contributed by atoms with E-state index in [1.54, 1.807) is 0 Å². The van der Waals surface area contributed by atoms with E-state index < -0.39 is 0 Å². The molecule has 2 N–H and O–H groups in total. The van der Waals surface area contributed by atoms with Crippen molar-refractivity contribution in [1.82, 2.24) is 0 Å². The van der Waals surface area contributed by atoms with Gasteiger partial charge in [-0.3, -0.25) is 0 Å². The van der Waals surface area contributed by atoms with Crippen molar-refractivity contribution in [2.24, 2.45) is 0 Å². The second-order valence-corrected chi connectivity index (χ2v) is 18.7. The third kappa shape index (κ3) is 6.51. The minimum absolute atomic E-state index is 0.760. The molecule has 0 amide bonds. The van der Waals surface area contributed by atoms with Crippen LogP contribution < -0.4 is 14.5 Å². The number of hydrogen-bond donors (Lipinski definition) is 0. The predicted molar refractivity (Wildman–Crippen MR) is 219 cm³/mol. The van der Waals surface area contributed by atoms with Gasteiger partial charge in [-0.05, 0) is 0 Å². The first-order chi connectivity index (χ1) is 25.6. The molecule has 3 aromatic rings. The van der Waals surface area contributed by atoms with Crippen LogP contribution in [0.15, 0.2) is 93.4 Å². The van der Waals surface area contributed by atoms with Crippen molar-refractivity contribution < 1.29 is 9.84 Å². The van der Waals surface area contributed by atoms with E-state index in [0.29, 0.717) is 0 Å². The van der Waals surface area contributed by atoms with Crippen LogP contribution in [0.25, 0.3) is 16.7 Å². The summed E-state index contributed by atoms with van der Waals surface area (Å²) in [4.78, 5) is 5.18. The molecule has 0 saturated heterocycles. The normalized spacial score (nSPS) is 21.3. The number of benzene rings is 3. The third-order valence-electron chi connectivity index (χ3n) is 12.0. The third-order valence-corrected chi connectivity index (χ3v) is 13.7. The topological polar surface area (TPSA) is 38.6 Å². The number of allylic oxidation sites excluding steroid dienone is 11. The van der Waals surface area contributed by atoms with E-state index >= 15 is 0 Å². The first-order valence-corrected chi connectivity index (χ1v) is 24.2. The first-order valence-electron chi connectivity index (χ1n) is 19.5. The second kappa shape index (κ2) is 15.1. The zero-order valence-corrected chi connectivity index (χ0v) is 37.9. The molecule has 6 radical (unpaired) electrons. The molecule has 0 fully saturated rings. The Kier molecular flexibility index (Phi) is 10.1. The van der Waals surface area contributed by atoms with Crippen LogP contribution in [0.3, 0.4) is 0 Å². The summed E-state index contributed by atoms with van der Waals surface area (Å²) in [5.41, 5.74) is 19.0. The van der Waals surface area contributed by atoms with Crippen molar-refractivity contribution in [2.75, 3.05) is 36.0 Å². The summed E-state index contributed by atoms with van der Waals surface area (Å²) in [5.74, 6) is 1.89. The van der Waals surface area contributed by atoms with Gasteiger partial charge in [0.1, 0.15) is 0 Å². The Labute approximate surface area is 341 Å². The van der Waals surface area contributed by atoms with Crippen LogP contribution >= 0.6 is 0 Å². The van der Waals surface area contributed by atoms with Crippen LogP contribution in [-0.4, -0.2) is 82.8 Å². The van der Waals surface area contributed by atoms with Crippen LogP contribution in [0.1, 0.15) is 83.9 Å². The number of fused-ring (bicyclic) bond motifs is 2. The molecule has 9 rings (SSSR count). The quantitative estimate of drug-likeness (QED) is 0.141. The molecule has 6 aliphatic rings. The fourth-order valence-corrected chi connectivity index (χ4v) is 11.6. The zero-order valence-electron chi connectivity index (χ0n) is 30.1. The van der Waals surface area contributed by atoms with Crippen LogP contribution in [0.4, 0.5) is 11.4 Å². The fourth-order valence-electron chi connectivity index (χ4n) is 9.74. The van der Waals surface area contributed by atoms with Crippen molar-refractivity contribution in [1.29, 1.82) is 0 Å². The molecular formula is C46H47N2O2Pb2+. The molecule has 0 spiro atoms. The van der Waals surface area contributed by atoms with Crippen LogP contribution in [0.5, 0.6) is 11.5 Å². The molecule has 6 heteroatoms. The van der Waals surface area contributed by atoms with Gasteiger partial charge in [-0.15, -0.1) is 0 Å². The van der Waals surface area contributed by atoms with E-state index in [0.717, 1.165) is 140 Å². The first kappa shape index (κ1) is 34.9. The van der Waals surface area contributed by atoms with E-state index in [9.17, 15) is 5.11 Å². The minimum atomic E-state index is 0.760. The van der Waals surface area contributed by atoms with Crippen molar-refractivity contribution >= 4 is 79.6 Å². The standard InChI is InChI=1S/C46H46N2O2.2Pb/c1-2-31(40-29-36-15-7-24-47-26-9-17-38(43(36)47)45(40)49)19-21-34-13-6-14-35(42(34)33-11-4-3-5-12-33)22-20-32-23-28-50-46-39-18-10-27-48-25-8-16-37(44(39)48)30-41(32)46;;/h2-5,11-12,19-23,29-30,49H,1,6-10,13-18,24-27H2;;/p+1/b21-19+,31-2-,32-20+,35-22+;;. The molecule has 5 heterocycles. The van der Waals surface area contributed by atoms with E-state index in [-0.39, 0.29) is 0 Å². The molecule has 0 bridgehead atoms. The Bertz CT molecular complexity index is 2120. The van der Waals surface area contributed by atoms with Crippen LogP contribution in [0, 0.1) is 0 Å². The van der Waals surface area contributed by atoms with E-state index in [2.05, 4.69) is 88.7 Å².